The third kappa shape index (κ3) is 12.9. The lowest BCUT2D eigenvalue weighted by Gasteiger charge is -2.19. The van der Waals surface area contributed by atoms with Crippen LogP contribution in [0.3, 0.4) is 0 Å². The minimum Gasteiger partial charge on any atom is -0.495 e. The van der Waals surface area contributed by atoms with Crippen molar-refractivity contribution in [3.05, 3.63) is 72.3 Å². The summed E-state index contributed by atoms with van der Waals surface area (Å²) in [5.74, 6) is 1.14. The highest BCUT2D eigenvalue weighted by molar-refractivity contribution is 14.1. The number of unbranched alkanes of at least 4 members (excludes halogenated alkanes) is 1. The van der Waals surface area contributed by atoms with Gasteiger partial charge in [-0.05, 0) is 83.6 Å². The van der Waals surface area contributed by atoms with Crippen LogP contribution in [0.15, 0.2) is 60.9 Å². The Bertz CT molecular complexity index is 1470. The summed E-state index contributed by atoms with van der Waals surface area (Å²) in [6.45, 7) is 7.44. The van der Waals surface area contributed by atoms with Crippen LogP contribution < -0.4 is 25.4 Å². The molecule has 45 heavy (non-hydrogen) atoms. The van der Waals surface area contributed by atoms with Gasteiger partial charge in [-0.2, -0.15) is 0 Å². The van der Waals surface area contributed by atoms with Crippen LogP contribution >= 0.6 is 22.6 Å². The second kappa shape index (κ2) is 17.5. The first-order valence-corrected chi connectivity index (χ1v) is 15.9. The molecule has 0 fully saturated rings. The van der Waals surface area contributed by atoms with Crippen molar-refractivity contribution in [3.8, 4) is 17.4 Å². The molecule has 0 atom stereocenters. The maximum absolute atomic E-state index is 13.9. The van der Waals surface area contributed by atoms with Crippen molar-refractivity contribution in [1.29, 1.82) is 0 Å². The minimum atomic E-state index is -0.514. The summed E-state index contributed by atoms with van der Waals surface area (Å²) in [5.41, 5.74) is 1.15. The van der Waals surface area contributed by atoms with E-state index in [1.807, 2.05) is 27.8 Å². The molecule has 1 aromatic heterocycles. The number of aromatic nitrogens is 2. The van der Waals surface area contributed by atoms with Crippen molar-refractivity contribution >= 4 is 51.8 Å². The van der Waals surface area contributed by atoms with E-state index in [1.54, 1.807) is 43.5 Å². The van der Waals surface area contributed by atoms with Gasteiger partial charge in [-0.3, -0.25) is 4.79 Å². The lowest BCUT2D eigenvalue weighted by molar-refractivity contribution is -0.111. The third-order valence-corrected chi connectivity index (χ3v) is 6.90. The van der Waals surface area contributed by atoms with Gasteiger partial charge in [0, 0.05) is 40.9 Å². The number of anilines is 3. The molecule has 0 aliphatic heterocycles. The molecule has 11 nitrogen and oxygen atoms in total. The van der Waals surface area contributed by atoms with E-state index in [9.17, 15) is 14.0 Å². The van der Waals surface area contributed by atoms with Gasteiger partial charge in [0.15, 0.2) is 0 Å². The van der Waals surface area contributed by atoms with Crippen LogP contribution in [0.4, 0.5) is 26.4 Å². The van der Waals surface area contributed by atoms with Crippen LogP contribution in [0.1, 0.15) is 39.2 Å². The second-order valence-electron chi connectivity index (χ2n) is 11.1. The summed E-state index contributed by atoms with van der Waals surface area (Å²) in [4.78, 5) is 34.8. The van der Waals surface area contributed by atoms with Crippen molar-refractivity contribution < 1.29 is 28.2 Å². The molecule has 0 aliphatic rings. The highest BCUT2D eigenvalue weighted by atomic mass is 127. The predicted octanol–water partition coefficient (Wildman–Crippen LogP) is 6.83. The molecule has 3 aromatic rings. The predicted molar refractivity (Wildman–Crippen MR) is 181 cm³/mol. The molecule has 13 heteroatoms. The van der Waals surface area contributed by atoms with Gasteiger partial charge in [-0.15, -0.1) is 0 Å². The number of hydrogen-bond donors (Lipinski definition) is 3. The van der Waals surface area contributed by atoms with Gasteiger partial charge in [0.05, 0.1) is 12.8 Å². The summed E-state index contributed by atoms with van der Waals surface area (Å²) in [6.07, 6.45) is 5.93. The molecule has 0 saturated carbocycles. The van der Waals surface area contributed by atoms with Gasteiger partial charge in [0.25, 0.3) is 0 Å². The van der Waals surface area contributed by atoms with E-state index < -0.39 is 11.7 Å². The number of amides is 2. The first-order chi connectivity index (χ1) is 21.5. The fourth-order valence-electron chi connectivity index (χ4n) is 3.95. The van der Waals surface area contributed by atoms with E-state index in [1.165, 1.54) is 24.5 Å². The molecule has 0 unspecified atom stereocenters. The van der Waals surface area contributed by atoms with Crippen LogP contribution in [0.2, 0.25) is 0 Å². The van der Waals surface area contributed by atoms with Gasteiger partial charge in [0.1, 0.15) is 35.1 Å². The molecule has 0 aliphatic carbocycles. The number of carbonyl (C=O) groups excluding carboxylic acids is 2. The normalized spacial score (nSPS) is 11.4. The Balaban J connectivity index is 1.49. The van der Waals surface area contributed by atoms with E-state index in [-0.39, 0.29) is 17.6 Å². The Morgan fingerprint density at radius 3 is 2.62 bits per heavy atom. The molecule has 2 amide bonds. The fourth-order valence-corrected chi connectivity index (χ4v) is 4.53. The molecule has 0 spiro atoms. The molecule has 0 saturated heterocycles. The largest absolute Gasteiger partial charge is 0.495 e. The first-order valence-electron chi connectivity index (χ1n) is 14.4. The average Bonchev–Trinajstić information content (AvgIpc) is 2.97. The van der Waals surface area contributed by atoms with Crippen LogP contribution in [0.25, 0.3) is 0 Å². The molecular formula is C32H40FIN6O5. The summed E-state index contributed by atoms with van der Waals surface area (Å²) >= 11 is 2.09. The quantitative estimate of drug-likeness (QED) is 0.0667. The Morgan fingerprint density at radius 2 is 1.89 bits per heavy atom. The monoisotopic (exact) mass is 734 g/mol. The fraction of sp³-hybridized carbons (Fsp3) is 0.375. The number of methoxy groups -OCH3 is 1. The number of likely N-dealkylation sites (N-methyl/N-ethyl adjacent to an activating group) is 1. The van der Waals surface area contributed by atoms with Crippen molar-refractivity contribution in [2.45, 2.75) is 43.6 Å². The molecule has 3 rings (SSSR count). The third-order valence-electron chi connectivity index (χ3n) is 6.08. The smallest absolute Gasteiger partial charge is 0.407 e. The molecular weight excluding hydrogens is 694 g/mol. The van der Waals surface area contributed by atoms with Crippen LogP contribution in [0, 0.1) is 5.82 Å². The minimum absolute atomic E-state index is 0.273. The van der Waals surface area contributed by atoms with E-state index in [0.29, 0.717) is 51.8 Å². The Hall–Kier alpha value is -3.98. The number of alkyl halides is 1. The first kappa shape index (κ1) is 35.5. The zero-order valence-corrected chi connectivity index (χ0v) is 28.3. The van der Waals surface area contributed by atoms with Gasteiger partial charge in [-0.1, -0.05) is 28.7 Å². The van der Waals surface area contributed by atoms with E-state index >= 15 is 0 Å². The van der Waals surface area contributed by atoms with E-state index in [0.717, 1.165) is 19.4 Å². The molecule has 1 heterocycles. The summed E-state index contributed by atoms with van der Waals surface area (Å²) < 4.78 is 30.9. The molecule has 242 valence electrons. The van der Waals surface area contributed by atoms with Crippen LogP contribution in [0.5, 0.6) is 17.4 Å². The van der Waals surface area contributed by atoms with Gasteiger partial charge in [0.2, 0.25) is 11.8 Å². The van der Waals surface area contributed by atoms with E-state index in [2.05, 4.69) is 53.4 Å². The number of nitrogens with zero attached hydrogens (tertiary/aromatic N) is 3. The van der Waals surface area contributed by atoms with Crippen molar-refractivity contribution in [1.82, 2.24) is 20.2 Å². The molecule has 2 aromatic carbocycles. The van der Waals surface area contributed by atoms with Crippen molar-refractivity contribution in [2.75, 3.05) is 44.4 Å². The molecule has 0 bridgehead atoms. The highest BCUT2D eigenvalue weighted by Gasteiger charge is 2.15. The number of ether oxygens (including phenoxy) is 3. The zero-order valence-electron chi connectivity index (χ0n) is 26.2. The SMILES string of the molecule is COc1ccc(NC(=O)/C=C/CN(C)CCCCNC(=O)OC(C)(C)C)cc1Nc1cc(Oc2ccc(F)c(CI)c2)ncn1. The second-order valence-corrected chi connectivity index (χ2v) is 11.8. The number of rotatable bonds is 15. The number of alkyl carbamates (subject to hydrolysis) is 1. The number of benzene rings is 2. The summed E-state index contributed by atoms with van der Waals surface area (Å²) in [5, 5.41) is 8.79. The average molecular weight is 735 g/mol. The van der Waals surface area contributed by atoms with Gasteiger partial charge >= 0.3 is 6.09 Å². The highest BCUT2D eigenvalue weighted by Crippen LogP contribution is 2.31. The number of hydrogen-bond acceptors (Lipinski definition) is 9. The maximum Gasteiger partial charge on any atom is 0.407 e. The lowest BCUT2D eigenvalue weighted by Crippen LogP contribution is -2.33. The van der Waals surface area contributed by atoms with E-state index in [4.69, 9.17) is 14.2 Å². The van der Waals surface area contributed by atoms with Crippen molar-refractivity contribution in [2.24, 2.45) is 0 Å². The lowest BCUT2D eigenvalue weighted by atomic mass is 10.2. The molecule has 0 radical (unpaired) electrons. The van der Waals surface area contributed by atoms with Crippen molar-refractivity contribution in [3.63, 3.8) is 0 Å². The zero-order chi connectivity index (χ0) is 32.8. The van der Waals surface area contributed by atoms with Gasteiger partial charge in [-0.25, -0.2) is 19.2 Å². The van der Waals surface area contributed by atoms with Crippen LogP contribution in [-0.4, -0.2) is 66.3 Å². The Kier molecular flexibility index (Phi) is 13.8. The van der Waals surface area contributed by atoms with Crippen LogP contribution in [-0.2, 0) is 14.0 Å². The molecule has 3 N–H and O–H groups in total. The number of halogens is 2. The topological polar surface area (TPSA) is 127 Å². The Morgan fingerprint density at radius 1 is 1.09 bits per heavy atom. The summed E-state index contributed by atoms with van der Waals surface area (Å²) in [6, 6.07) is 11.3. The van der Waals surface area contributed by atoms with Gasteiger partial charge < -0.3 is 35.1 Å². The maximum atomic E-state index is 13.9. The Labute approximate surface area is 277 Å². The number of nitrogens with one attached hydrogen (secondary N) is 3. The number of carbonyl (C=O) groups is 2. The standard InChI is InChI=1S/C32H40FIN6O5/c1-32(2,3)45-31(42)35-14-6-7-15-40(4)16-8-9-29(41)38-23-10-13-27(43-5)26(18-23)39-28-19-30(37-21-36-28)44-24-11-12-25(33)22(17-24)20-34/h8-13,17-19,21H,6-7,14-16,20H2,1-5H3,(H,35,42)(H,38,41)(H,36,37,39)/b9-8+. The summed E-state index contributed by atoms with van der Waals surface area (Å²) in [7, 11) is 3.51.